The van der Waals surface area contributed by atoms with E-state index in [9.17, 15) is 9.90 Å². The largest absolute Gasteiger partial charge is 0.480 e. The molecule has 0 aliphatic rings. The van der Waals surface area contributed by atoms with Crippen LogP contribution in [0.4, 0.5) is 0 Å². The molecule has 4 heteroatoms. The highest BCUT2D eigenvalue weighted by Crippen LogP contribution is 2.28. The van der Waals surface area contributed by atoms with Crippen LogP contribution in [0.1, 0.15) is 52.4 Å². The van der Waals surface area contributed by atoms with E-state index in [1.807, 2.05) is 12.3 Å². The highest BCUT2D eigenvalue weighted by molar-refractivity contribution is 7.98. The molecule has 118 valence electrons. The van der Waals surface area contributed by atoms with Gasteiger partial charge in [0.05, 0.1) is 0 Å². The number of nitrogens with zero attached hydrogens (tertiary/aromatic N) is 1. The number of carboxylic acid groups (broad SMARTS) is 1. The van der Waals surface area contributed by atoms with Gasteiger partial charge in [-0.15, -0.1) is 6.58 Å². The maximum atomic E-state index is 12.0. The predicted octanol–water partition coefficient (Wildman–Crippen LogP) is 4.04. The monoisotopic (exact) mass is 301 g/mol. The molecule has 0 fully saturated rings. The fraction of sp³-hybridized carbons (Fsp3) is 0.812. The Morgan fingerprint density at radius 2 is 2.00 bits per heavy atom. The smallest absolute Gasteiger partial charge is 0.324 e. The number of carboxylic acids is 1. The molecular weight excluding hydrogens is 270 g/mol. The summed E-state index contributed by atoms with van der Waals surface area (Å²) in [5.41, 5.74) is -0.723. The van der Waals surface area contributed by atoms with Crippen LogP contribution < -0.4 is 0 Å². The molecule has 0 aromatic carbocycles. The van der Waals surface area contributed by atoms with Gasteiger partial charge >= 0.3 is 5.97 Å². The normalized spacial score (nSPS) is 14.2. The molecule has 0 unspecified atom stereocenters. The molecule has 0 aliphatic carbocycles. The molecule has 0 bridgehead atoms. The molecule has 0 radical (unpaired) electrons. The molecule has 1 N–H and O–H groups in total. The van der Waals surface area contributed by atoms with Crippen LogP contribution in [0.5, 0.6) is 0 Å². The lowest BCUT2D eigenvalue weighted by Crippen LogP contribution is -2.55. The third-order valence-electron chi connectivity index (χ3n) is 3.77. The highest BCUT2D eigenvalue weighted by Gasteiger charge is 2.42. The third-order valence-corrected chi connectivity index (χ3v) is 4.38. The molecule has 0 spiro atoms. The lowest BCUT2D eigenvalue weighted by Gasteiger charge is -2.40. The molecule has 0 amide bonds. The Morgan fingerprint density at radius 1 is 1.30 bits per heavy atom. The first kappa shape index (κ1) is 19.5. The minimum absolute atomic E-state index is 0.657. The molecule has 0 aliphatic heterocycles. The quantitative estimate of drug-likeness (QED) is 0.412. The Kier molecular flexibility index (Phi) is 10.9. The van der Waals surface area contributed by atoms with Gasteiger partial charge in [-0.25, -0.2) is 0 Å². The van der Waals surface area contributed by atoms with Gasteiger partial charge in [-0.3, -0.25) is 9.69 Å². The molecule has 0 aromatic rings. The first-order valence-electron chi connectivity index (χ1n) is 7.67. The summed E-state index contributed by atoms with van der Waals surface area (Å²) in [4.78, 5) is 14.1. The number of thioether (sulfide) groups is 1. The van der Waals surface area contributed by atoms with Crippen LogP contribution in [0.15, 0.2) is 12.7 Å². The average molecular weight is 301 g/mol. The van der Waals surface area contributed by atoms with Crippen molar-refractivity contribution in [2.24, 2.45) is 0 Å². The third kappa shape index (κ3) is 5.88. The second kappa shape index (κ2) is 11.2. The number of rotatable bonds is 13. The van der Waals surface area contributed by atoms with Crippen LogP contribution in [0, 0.1) is 0 Å². The van der Waals surface area contributed by atoms with Crippen LogP contribution >= 0.6 is 11.8 Å². The molecule has 0 heterocycles. The standard InChI is InChI=1S/C16H31NO2S/c1-5-8-9-13-17(12-7-3)16(10-6-2,15(18)19)11-14-20-4/h7H,3,5-6,8-14H2,1-2,4H3,(H,18,19)/t16-/m0/s1. The van der Waals surface area contributed by atoms with E-state index >= 15 is 0 Å². The predicted molar refractivity (Wildman–Crippen MR) is 89.6 cm³/mol. The van der Waals surface area contributed by atoms with Crippen LogP contribution in [-0.4, -0.2) is 46.6 Å². The van der Waals surface area contributed by atoms with E-state index in [2.05, 4.69) is 25.3 Å². The maximum absolute atomic E-state index is 12.0. The second-order valence-electron chi connectivity index (χ2n) is 5.27. The van der Waals surface area contributed by atoms with Crippen molar-refractivity contribution >= 4 is 17.7 Å². The first-order valence-corrected chi connectivity index (χ1v) is 9.06. The van der Waals surface area contributed by atoms with Gasteiger partial charge in [0.25, 0.3) is 0 Å². The molecule has 3 nitrogen and oxygen atoms in total. The molecule has 1 atom stereocenters. The fourth-order valence-corrected chi connectivity index (χ4v) is 3.21. The lowest BCUT2D eigenvalue weighted by molar-refractivity contribution is -0.152. The summed E-state index contributed by atoms with van der Waals surface area (Å²) in [5, 5.41) is 9.85. The van der Waals surface area contributed by atoms with Gasteiger partial charge < -0.3 is 5.11 Å². The van der Waals surface area contributed by atoms with Crippen LogP contribution in [-0.2, 0) is 4.79 Å². The van der Waals surface area contributed by atoms with Crippen molar-refractivity contribution in [1.29, 1.82) is 0 Å². The van der Waals surface area contributed by atoms with Gasteiger partial charge in [0, 0.05) is 6.54 Å². The molecular formula is C16H31NO2S. The van der Waals surface area contributed by atoms with E-state index in [0.29, 0.717) is 19.4 Å². The SMILES string of the molecule is C=CCN(CCCCC)[C@@](CCC)(CCSC)C(=O)O. The van der Waals surface area contributed by atoms with Crippen molar-refractivity contribution in [1.82, 2.24) is 4.90 Å². The molecule has 0 aromatic heterocycles. The zero-order valence-electron chi connectivity index (χ0n) is 13.4. The Balaban J connectivity index is 5.12. The summed E-state index contributed by atoms with van der Waals surface area (Å²) in [6.07, 6.45) is 9.54. The highest BCUT2D eigenvalue weighted by atomic mass is 32.2. The van der Waals surface area contributed by atoms with Gasteiger partial charge in [-0.2, -0.15) is 11.8 Å². The number of hydrogen-bond donors (Lipinski definition) is 1. The summed E-state index contributed by atoms with van der Waals surface area (Å²) in [7, 11) is 0. The zero-order valence-corrected chi connectivity index (χ0v) is 14.2. The molecule has 0 rings (SSSR count). The summed E-state index contributed by atoms with van der Waals surface area (Å²) < 4.78 is 0. The van der Waals surface area contributed by atoms with Crippen molar-refractivity contribution < 1.29 is 9.90 Å². The molecule has 0 saturated heterocycles. The van der Waals surface area contributed by atoms with Gasteiger partial charge in [-0.05, 0) is 37.8 Å². The van der Waals surface area contributed by atoms with E-state index in [4.69, 9.17) is 0 Å². The van der Waals surface area contributed by atoms with E-state index in [1.54, 1.807) is 11.8 Å². The zero-order chi connectivity index (χ0) is 15.4. The van der Waals surface area contributed by atoms with Crippen molar-refractivity contribution in [3.05, 3.63) is 12.7 Å². The topological polar surface area (TPSA) is 40.5 Å². The van der Waals surface area contributed by atoms with Crippen molar-refractivity contribution in [3.63, 3.8) is 0 Å². The molecule has 0 saturated carbocycles. The van der Waals surface area contributed by atoms with Crippen molar-refractivity contribution in [3.8, 4) is 0 Å². The Labute approximate surface area is 128 Å². The van der Waals surface area contributed by atoms with Gasteiger partial charge in [0.2, 0.25) is 0 Å². The molecule has 20 heavy (non-hydrogen) atoms. The summed E-state index contributed by atoms with van der Waals surface area (Å²) in [5.74, 6) is 0.208. The Hall–Kier alpha value is -0.480. The first-order chi connectivity index (χ1) is 9.58. The van der Waals surface area contributed by atoms with Crippen LogP contribution in [0.25, 0.3) is 0 Å². The summed E-state index contributed by atoms with van der Waals surface area (Å²) in [6.45, 7) is 9.54. The Morgan fingerprint density at radius 3 is 2.45 bits per heavy atom. The van der Waals surface area contributed by atoms with E-state index in [1.165, 1.54) is 0 Å². The maximum Gasteiger partial charge on any atom is 0.324 e. The van der Waals surface area contributed by atoms with Gasteiger partial charge in [0.1, 0.15) is 5.54 Å². The lowest BCUT2D eigenvalue weighted by atomic mass is 9.88. The summed E-state index contributed by atoms with van der Waals surface area (Å²) in [6, 6.07) is 0. The van der Waals surface area contributed by atoms with Crippen LogP contribution in [0.3, 0.4) is 0 Å². The number of aliphatic carboxylic acids is 1. The minimum atomic E-state index is -0.723. The number of carbonyl (C=O) groups is 1. The minimum Gasteiger partial charge on any atom is -0.480 e. The number of hydrogen-bond acceptors (Lipinski definition) is 3. The van der Waals surface area contributed by atoms with E-state index in [0.717, 1.165) is 38.0 Å². The van der Waals surface area contributed by atoms with Crippen LogP contribution in [0.2, 0.25) is 0 Å². The summed E-state index contributed by atoms with van der Waals surface area (Å²) >= 11 is 1.72. The van der Waals surface area contributed by atoms with E-state index in [-0.39, 0.29) is 0 Å². The van der Waals surface area contributed by atoms with Crippen molar-refractivity contribution in [2.45, 2.75) is 57.9 Å². The Bertz CT molecular complexity index is 284. The average Bonchev–Trinajstić information content (AvgIpc) is 2.42. The van der Waals surface area contributed by atoms with Gasteiger partial charge in [-0.1, -0.05) is 39.2 Å². The van der Waals surface area contributed by atoms with Crippen molar-refractivity contribution in [2.75, 3.05) is 25.1 Å². The van der Waals surface area contributed by atoms with Gasteiger partial charge in [0.15, 0.2) is 0 Å². The fourth-order valence-electron chi connectivity index (χ4n) is 2.66. The second-order valence-corrected chi connectivity index (χ2v) is 6.26. The number of unbranched alkanes of at least 4 members (excludes halogenated alkanes) is 2. The van der Waals surface area contributed by atoms with E-state index < -0.39 is 11.5 Å².